The molecule has 5 nitrogen and oxygen atoms in total. The van der Waals surface area contributed by atoms with Gasteiger partial charge in [-0.05, 0) is 49.9 Å². The first-order valence-electron chi connectivity index (χ1n) is 11.1. The summed E-state index contributed by atoms with van der Waals surface area (Å²) in [5.74, 6) is 1.03. The summed E-state index contributed by atoms with van der Waals surface area (Å²) in [5, 5.41) is 3.60. The quantitative estimate of drug-likeness (QED) is 0.639. The summed E-state index contributed by atoms with van der Waals surface area (Å²) in [7, 11) is 1.90. The molecule has 0 aromatic heterocycles. The number of hydrogen-bond acceptors (Lipinski definition) is 3. The lowest BCUT2D eigenvalue weighted by molar-refractivity contribution is 0.156. The van der Waals surface area contributed by atoms with Gasteiger partial charge in [-0.15, -0.1) is 0 Å². The summed E-state index contributed by atoms with van der Waals surface area (Å²) in [4.78, 5) is 9.58. The number of guanidine groups is 1. The first kappa shape index (κ1) is 19.7. The Balaban J connectivity index is 1.31. The first-order chi connectivity index (χ1) is 13.8. The Bertz CT molecular complexity index is 660. The van der Waals surface area contributed by atoms with E-state index in [1.807, 2.05) is 7.05 Å². The third-order valence-electron chi connectivity index (χ3n) is 6.68. The molecule has 28 heavy (non-hydrogen) atoms. The minimum atomic E-state index is 0.366. The van der Waals surface area contributed by atoms with E-state index < -0.39 is 0 Å². The Labute approximate surface area is 170 Å². The van der Waals surface area contributed by atoms with Crippen LogP contribution in [0.4, 0.5) is 0 Å². The molecule has 154 valence electrons. The maximum Gasteiger partial charge on any atom is 0.193 e. The third kappa shape index (κ3) is 4.87. The van der Waals surface area contributed by atoms with Crippen molar-refractivity contribution in [3.8, 4) is 0 Å². The topological polar surface area (TPSA) is 40.1 Å². The second-order valence-corrected chi connectivity index (χ2v) is 8.89. The molecule has 3 aliphatic rings. The minimum Gasteiger partial charge on any atom is -0.381 e. The molecule has 3 fully saturated rings. The largest absolute Gasteiger partial charge is 0.381 e. The zero-order valence-electron chi connectivity index (χ0n) is 17.5. The number of nitrogens with zero attached hydrogens (tertiary/aromatic N) is 3. The second kappa shape index (κ2) is 9.27. The molecule has 1 aromatic carbocycles. The Morgan fingerprint density at radius 3 is 2.68 bits per heavy atom. The van der Waals surface area contributed by atoms with Crippen molar-refractivity contribution in [2.75, 3.05) is 46.4 Å². The molecule has 0 saturated carbocycles. The van der Waals surface area contributed by atoms with Crippen molar-refractivity contribution in [2.45, 2.75) is 51.6 Å². The number of ether oxygens (including phenoxy) is 1. The Morgan fingerprint density at radius 2 is 1.93 bits per heavy atom. The summed E-state index contributed by atoms with van der Waals surface area (Å²) in [5.41, 5.74) is 3.14. The smallest absolute Gasteiger partial charge is 0.193 e. The zero-order chi connectivity index (χ0) is 19.2. The van der Waals surface area contributed by atoms with Crippen molar-refractivity contribution in [1.29, 1.82) is 0 Å². The van der Waals surface area contributed by atoms with Gasteiger partial charge in [0.25, 0.3) is 0 Å². The van der Waals surface area contributed by atoms with Gasteiger partial charge in [-0.2, -0.15) is 0 Å². The van der Waals surface area contributed by atoms with E-state index in [9.17, 15) is 0 Å². The maximum absolute atomic E-state index is 5.67. The number of nitrogens with one attached hydrogen (secondary N) is 1. The van der Waals surface area contributed by atoms with E-state index in [4.69, 9.17) is 4.74 Å². The molecule has 0 aliphatic carbocycles. The summed E-state index contributed by atoms with van der Waals surface area (Å²) < 4.78 is 5.67. The Hall–Kier alpha value is -1.59. The van der Waals surface area contributed by atoms with Crippen LogP contribution >= 0.6 is 0 Å². The third-order valence-corrected chi connectivity index (χ3v) is 6.68. The lowest BCUT2D eigenvalue weighted by atomic mass is 9.87. The summed E-state index contributed by atoms with van der Waals surface area (Å²) in [6, 6.07) is 9.06. The molecule has 1 atom stereocenters. The van der Waals surface area contributed by atoms with Crippen LogP contribution in [0.15, 0.2) is 29.3 Å². The summed E-state index contributed by atoms with van der Waals surface area (Å²) >= 11 is 0. The van der Waals surface area contributed by atoms with Crippen LogP contribution in [0.1, 0.15) is 49.7 Å². The molecule has 1 N–H and O–H groups in total. The van der Waals surface area contributed by atoms with Gasteiger partial charge in [0.15, 0.2) is 5.96 Å². The fourth-order valence-corrected chi connectivity index (χ4v) is 4.99. The molecule has 4 rings (SSSR count). The van der Waals surface area contributed by atoms with E-state index >= 15 is 0 Å². The van der Waals surface area contributed by atoms with E-state index in [-0.39, 0.29) is 0 Å². The highest BCUT2D eigenvalue weighted by atomic mass is 16.5. The minimum absolute atomic E-state index is 0.366. The normalized spacial score (nSPS) is 26.8. The van der Waals surface area contributed by atoms with Crippen LogP contribution in [0.5, 0.6) is 0 Å². The van der Waals surface area contributed by atoms with E-state index in [0.29, 0.717) is 5.41 Å². The molecule has 3 saturated heterocycles. The number of likely N-dealkylation sites (tertiary alicyclic amines) is 2. The predicted octanol–water partition coefficient (Wildman–Crippen LogP) is 3.25. The van der Waals surface area contributed by atoms with Crippen LogP contribution in [0.25, 0.3) is 0 Å². The standard InChI is InChI=1S/C23H36N4O/c1-24-22(27-13-9-23(18-27)10-14-28-19-23)25-16-20-7-6-8-21(15-20)17-26-11-4-2-3-5-12-26/h6-8,15H,2-5,9-14,16-19H2,1H3,(H,24,25). The van der Waals surface area contributed by atoms with Gasteiger partial charge in [-0.1, -0.05) is 37.1 Å². The average molecular weight is 385 g/mol. The molecular weight excluding hydrogens is 348 g/mol. The number of hydrogen-bond donors (Lipinski definition) is 1. The van der Waals surface area contributed by atoms with Gasteiger partial charge in [-0.3, -0.25) is 9.89 Å². The Morgan fingerprint density at radius 1 is 1.11 bits per heavy atom. The molecule has 0 bridgehead atoms. The molecule has 3 heterocycles. The van der Waals surface area contributed by atoms with E-state index in [1.54, 1.807) is 0 Å². The molecule has 0 radical (unpaired) electrons. The van der Waals surface area contributed by atoms with Gasteiger partial charge in [0.2, 0.25) is 0 Å². The van der Waals surface area contributed by atoms with Gasteiger partial charge in [0.05, 0.1) is 6.61 Å². The van der Waals surface area contributed by atoms with Crippen LogP contribution in [0, 0.1) is 5.41 Å². The van der Waals surface area contributed by atoms with Gasteiger partial charge >= 0.3 is 0 Å². The summed E-state index contributed by atoms with van der Waals surface area (Å²) in [6.07, 6.45) is 7.89. The monoisotopic (exact) mass is 384 g/mol. The second-order valence-electron chi connectivity index (χ2n) is 8.89. The van der Waals surface area contributed by atoms with E-state index in [2.05, 4.69) is 44.4 Å². The van der Waals surface area contributed by atoms with Crippen LogP contribution in [0.3, 0.4) is 0 Å². The highest BCUT2D eigenvalue weighted by Crippen LogP contribution is 2.38. The average Bonchev–Trinajstić information content (AvgIpc) is 3.27. The number of rotatable bonds is 4. The van der Waals surface area contributed by atoms with Crippen molar-refractivity contribution in [2.24, 2.45) is 10.4 Å². The van der Waals surface area contributed by atoms with Crippen molar-refractivity contribution in [1.82, 2.24) is 15.1 Å². The fourth-order valence-electron chi connectivity index (χ4n) is 4.99. The van der Waals surface area contributed by atoms with Crippen molar-refractivity contribution in [3.05, 3.63) is 35.4 Å². The van der Waals surface area contributed by atoms with Gasteiger partial charge in [-0.25, -0.2) is 0 Å². The van der Waals surface area contributed by atoms with Gasteiger partial charge < -0.3 is 15.0 Å². The van der Waals surface area contributed by atoms with Crippen LogP contribution in [-0.4, -0.2) is 62.2 Å². The van der Waals surface area contributed by atoms with Crippen LogP contribution in [0.2, 0.25) is 0 Å². The number of aliphatic imine (C=N–C) groups is 1. The summed E-state index contributed by atoms with van der Waals surface area (Å²) in [6.45, 7) is 8.39. The highest BCUT2D eigenvalue weighted by molar-refractivity contribution is 5.80. The van der Waals surface area contributed by atoms with Crippen molar-refractivity contribution >= 4 is 5.96 Å². The zero-order valence-corrected chi connectivity index (χ0v) is 17.5. The lowest BCUT2D eigenvalue weighted by Crippen LogP contribution is -2.41. The first-order valence-corrected chi connectivity index (χ1v) is 11.1. The molecule has 3 aliphatic heterocycles. The van der Waals surface area contributed by atoms with E-state index in [0.717, 1.165) is 45.4 Å². The van der Waals surface area contributed by atoms with Crippen molar-refractivity contribution < 1.29 is 4.74 Å². The van der Waals surface area contributed by atoms with Gasteiger partial charge in [0, 0.05) is 45.2 Å². The molecule has 1 unspecified atom stereocenters. The SMILES string of the molecule is CN=C(NCc1cccc(CN2CCCCCC2)c1)N1CCC2(CCOC2)C1. The molecule has 5 heteroatoms. The predicted molar refractivity (Wildman–Crippen MR) is 114 cm³/mol. The molecule has 1 aromatic rings. The van der Waals surface area contributed by atoms with Crippen molar-refractivity contribution in [3.63, 3.8) is 0 Å². The van der Waals surface area contributed by atoms with E-state index in [1.165, 1.54) is 62.7 Å². The van der Waals surface area contributed by atoms with Gasteiger partial charge in [0.1, 0.15) is 0 Å². The van der Waals surface area contributed by atoms with Crippen LogP contribution < -0.4 is 5.32 Å². The molecular formula is C23H36N4O. The highest BCUT2D eigenvalue weighted by Gasteiger charge is 2.42. The fraction of sp³-hybridized carbons (Fsp3) is 0.696. The Kier molecular flexibility index (Phi) is 6.53. The number of benzene rings is 1. The maximum atomic E-state index is 5.67. The lowest BCUT2D eigenvalue weighted by Gasteiger charge is -2.25. The molecule has 0 amide bonds. The van der Waals surface area contributed by atoms with Crippen LogP contribution in [-0.2, 0) is 17.8 Å². The molecule has 1 spiro atoms.